The molecule has 4 atom stereocenters. The predicted octanol–water partition coefficient (Wildman–Crippen LogP) is 7.93. The summed E-state index contributed by atoms with van der Waals surface area (Å²) in [6.45, 7) is 7.18. The van der Waals surface area contributed by atoms with Crippen molar-refractivity contribution in [2.45, 2.75) is 96.7 Å². The summed E-state index contributed by atoms with van der Waals surface area (Å²) in [6, 6.07) is 3.90. The molecule has 2 fully saturated rings. The SMILES string of the molecule is CCCCC1CCC(C2CCC(c3ccc(C4=CC(C)C(OCC)C(F)=C4F)cn3)CC2)CO1. The maximum absolute atomic E-state index is 14.8. The largest absolute Gasteiger partial charge is 0.378 e. The molecule has 34 heavy (non-hydrogen) atoms. The van der Waals surface area contributed by atoms with E-state index in [9.17, 15) is 8.78 Å². The predicted molar refractivity (Wildman–Crippen MR) is 133 cm³/mol. The maximum atomic E-state index is 14.8. The summed E-state index contributed by atoms with van der Waals surface area (Å²) in [5, 5.41) is 0. The van der Waals surface area contributed by atoms with Crippen LogP contribution in [0.1, 0.15) is 95.7 Å². The third-order valence-electron chi connectivity index (χ3n) is 8.19. The van der Waals surface area contributed by atoms with Crippen molar-refractivity contribution in [1.82, 2.24) is 4.98 Å². The van der Waals surface area contributed by atoms with Gasteiger partial charge in [0.25, 0.3) is 0 Å². The number of aromatic nitrogens is 1. The molecule has 1 aliphatic heterocycles. The number of rotatable bonds is 8. The Kier molecular flexibility index (Phi) is 8.92. The average molecular weight is 474 g/mol. The van der Waals surface area contributed by atoms with Crippen molar-refractivity contribution in [3.05, 3.63) is 47.3 Å². The van der Waals surface area contributed by atoms with Crippen LogP contribution in [0.5, 0.6) is 0 Å². The summed E-state index contributed by atoms with van der Waals surface area (Å²) < 4.78 is 40.9. The highest BCUT2D eigenvalue weighted by molar-refractivity contribution is 5.78. The summed E-state index contributed by atoms with van der Waals surface area (Å²) in [4.78, 5) is 4.68. The van der Waals surface area contributed by atoms with Crippen LogP contribution >= 0.6 is 0 Å². The summed E-state index contributed by atoms with van der Waals surface area (Å²) in [6.07, 6.45) is 14.1. The van der Waals surface area contributed by atoms with Gasteiger partial charge in [-0.1, -0.05) is 38.8 Å². The molecule has 1 saturated heterocycles. The molecule has 3 aliphatic rings. The van der Waals surface area contributed by atoms with Crippen LogP contribution in [0.4, 0.5) is 8.78 Å². The Hall–Kier alpha value is -1.59. The van der Waals surface area contributed by atoms with Crippen LogP contribution < -0.4 is 0 Å². The Morgan fingerprint density at radius 1 is 1.03 bits per heavy atom. The Morgan fingerprint density at radius 3 is 2.41 bits per heavy atom. The zero-order chi connectivity index (χ0) is 24.1. The van der Waals surface area contributed by atoms with Crippen molar-refractivity contribution in [2.75, 3.05) is 13.2 Å². The van der Waals surface area contributed by atoms with Crippen molar-refractivity contribution < 1.29 is 18.3 Å². The van der Waals surface area contributed by atoms with Crippen molar-refractivity contribution in [3.63, 3.8) is 0 Å². The lowest BCUT2D eigenvalue weighted by Crippen LogP contribution is -2.32. The van der Waals surface area contributed by atoms with Gasteiger partial charge in [-0.15, -0.1) is 0 Å². The highest BCUT2D eigenvalue weighted by Crippen LogP contribution is 2.42. The summed E-state index contributed by atoms with van der Waals surface area (Å²) in [5.41, 5.74) is 1.99. The van der Waals surface area contributed by atoms with E-state index in [1.807, 2.05) is 19.1 Å². The molecule has 0 N–H and O–H groups in total. The third kappa shape index (κ3) is 5.79. The monoisotopic (exact) mass is 473 g/mol. The Morgan fingerprint density at radius 2 is 1.79 bits per heavy atom. The van der Waals surface area contributed by atoms with Gasteiger partial charge in [0.05, 0.1) is 12.7 Å². The Labute approximate surface area is 204 Å². The van der Waals surface area contributed by atoms with Gasteiger partial charge in [-0.2, -0.15) is 0 Å². The van der Waals surface area contributed by atoms with Gasteiger partial charge >= 0.3 is 0 Å². The molecule has 1 saturated carbocycles. The minimum atomic E-state index is -0.840. The Bertz CT molecular complexity index is 849. The minimum absolute atomic E-state index is 0.227. The first-order valence-electron chi connectivity index (χ1n) is 13.5. The number of allylic oxidation sites excluding steroid dienone is 2. The fourth-order valence-electron chi connectivity index (χ4n) is 6.09. The van der Waals surface area contributed by atoms with Crippen LogP contribution in [0.3, 0.4) is 0 Å². The molecule has 0 amide bonds. The lowest BCUT2D eigenvalue weighted by atomic mass is 9.73. The fourth-order valence-corrected chi connectivity index (χ4v) is 6.09. The summed E-state index contributed by atoms with van der Waals surface area (Å²) >= 11 is 0. The van der Waals surface area contributed by atoms with Crippen LogP contribution in [0, 0.1) is 17.8 Å². The molecule has 4 unspecified atom stereocenters. The molecule has 2 aliphatic carbocycles. The molecule has 1 aromatic rings. The van der Waals surface area contributed by atoms with Gasteiger partial charge in [0, 0.05) is 41.5 Å². The third-order valence-corrected chi connectivity index (χ3v) is 8.19. The standard InChI is InChI=1S/C29H41F2NO2/c1-4-6-7-24-14-12-23(18-34-24)20-8-10-21(11-9-20)26-15-13-22(17-32-26)25-16-19(3)29(33-5-2)28(31)27(25)30/h13,15-17,19-21,23-24,29H,4-12,14,18H2,1-3H3. The van der Waals surface area contributed by atoms with Crippen molar-refractivity contribution >= 4 is 5.57 Å². The molecule has 5 heteroatoms. The molecular formula is C29H41F2NO2. The molecule has 0 spiro atoms. The van der Waals surface area contributed by atoms with E-state index in [2.05, 4.69) is 11.9 Å². The first-order valence-corrected chi connectivity index (χ1v) is 13.5. The van der Waals surface area contributed by atoms with Crippen LogP contribution in [0.25, 0.3) is 5.57 Å². The highest BCUT2D eigenvalue weighted by Gasteiger charge is 2.33. The van der Waals surface area contributed by atoms with Gasteiger partial charge in [0.1, 0.15) is 6.10 Å². The zero-order valence-electron chi connectivity index (χ0n) is 21.1. The van der Waals surface area contributed by atoms with Crippen LogP contribution in [-0.2, 0) is 9.47 Å². The molecule has 0 radical (unpaired) electrons. The van der Waals surface area contributed by atoms with Gasteiger partial charge in [-0.05, 0) is 69.8 Å². The van der Waals surface area contributed by atoms with Gasteiger partial charge < -0.3 is 9.47 Å². The topological polar surface area (TPSA) is 31.4 Å². The molecule has 3 nitrogen and oxygen atoms in total. The second kappa shape index (κ2) is 11.9. The van der Waals surface area contributed by atoms with E-state index in [4.69, 9.17) is 9.47 Å². The number of nitrogens with zero attached hydrogens (tertiary/aromatic N) is 1. The number of halogens is 2. The van der Waals surface area contributed by atoms with E-state index >= 15 is 0 Å². The molecule has 188 valence electrons. The number of ether oxygens (including phenoxy) is 2. The fraction of sp³-hybridized carbons (Fsp3) is 0.690. The van der Waals surface area contributed by atoms with Crippen molar-refractivity contribution in [2.24, 2.45) is 17.8 Å². The van der Waals surface area contributed by atoms with E-state index in [0.29, 0.717) is 35.7 Å². The average Bonchev–Trinajstić information content (AvgIpc) is 2.88. The molecule has 0 bridgehead atoms. The molecular weight excluding hydrogens is 432 g/mol. The van der Waals surface area contributed by atoms with Crippen molar-refractivity contribution in [3.8, 4) is 0 Å². The lowest BCUT2D eigenvalue weighted by Gasteiger charge is -2.37. The van der Waals surface area contributed by atoms with Gasteiger partial charge in [-0.25, -0.2) is 8.78 Å². The first-order chi connectivity index (χ1) is 16.5. The first kappa shape index (κ1) is 25.5. The zero-order valence-corrected chi connectivity index (χ0v) is 21.1. The minimum Gasteiger partial charge on any atom is -0.378 e. The molecule has 1 aromatic heterocycles. The van der Waals surface area contributed by atoms with Gasteiger partial charge in [0.2, 0.25) is 0 Å². The van der Waals surface area contributed by atoms with E-state index in [1.54, 1.807) is 19.2 Å². The highest BCUT2D eigenvalue weighted by atomic mass is 19.2. The number of pyridine rings is 1. The van der Waals surface area contributed by atoms with Crippen LogP contribution in [0.15, 0.2) is 36.1 Å². The van der Waals surface area contributed by atoms with E-state index in [1.165, 1.54) is 44.9 Å². The van der Waals surface area contributed by atoms with Crippen LogP contribution in [0.2, 0.25) is 0 Å². The maximum Gasteiger partial charge on any atom is 0.165 e. The Balaban J connectivity index is 1.31. The lowest BCUT2D eigenvalue weighted by molar-refractivity contribution is -0.0414. The quantitative estimate of drug-likeness (QED) is 0.384. The second-order valence-corrected chi connectivity index (χ2v) is 10.5. The van der Waals surface area contributed by atoms with Crippen LogP contribution in [-0.4, -0.2) is 30.4 Å². The van der Waals surface area contributed by atoms with E-state index in [0.717, 1.165) is 31.1 Å². The molecule has 4 rings (SSSR count). The van der Waals surface area contributed by atoms with E-state index in [-0.39, 0.29) is 5.92 Å². The normalized spacial score (nSPS) is 32.6. The smallest absolute Gasteiger partial charge is 0.165 e. The van der Waals surface area contributed by atoms with Gasteiger partial charge in [0.15, 0.2) is 11.7 Å². The number of unbranched alkanes of at least 4 members (excludes halogenated alkanes) is 1. The molecule has 2 heterocycles. The van der Waals surface area contributed by atoms with E-state index < -0.39 is 17.8 Å². The summed E-state index contributed by atoms with van der Waals surface area (Å²) in [5.74, 6) is 0.0633. The molecule has 0 aromatic carbocycles. The summed E-state index contributed by atoms with van der Waals surface area (Å²) in [7, 11) is 0. The number of hydrogen-bond donors (Lipinski definition) is 0. The number of hydrogen-bond acceptors (Lipinski definition) is 3. The van der Waals surface area contributed by atoms with Crippen molar-refractivity contribution in [1.29, 1.82) is 0 Å². The second-order valence-electron chi connectivity index (χ2n) is 10.5. The van der Waals surface area contributed by atoms with Gasteiger partial charge in [-0.3, -0.25) is 4.98 Å².